The van der Waals surface area contributed by atoms with Crippen LogP contribution in [-0.4, -0.2) is 21.7 Å². The number of rotatable bonds is 5. The zero-order valence-corrected chi connectivity index (χ0v) is 17.0. The number of carbonyl (C=O) groups excluding carboxylic acids is 2. The molecular formula is C23H21N3O5. The number of benzene rings is 1. The summed E-state index contributed by atoms with van der Waals surface area (Å²) in [6, 6.07) is 9.54. The molecule has 0 spiro atoms. The molecule has 1 aliphatic carbocycles. The Morgan fingerprint density at radius 3 is 2.71 bits per heavy atom. The second-order valence-electron chi connectivity index (χ2n) is 7.55. The molecule has 2 aliphatic rings. The maximum Gasteiger partial charge on any atom is 0.337 e. The Morgan fingerprint density at radius 1 is 1.26 bits per heavy atom. The van der Waals surface area contributed by atoms with Crippen molar-refractivity contribution in [1.82, 2.24) is 10.3 Å². The van der Waals surface area contributed by atoms with E-state index in [-0.39, 0.29) is 18.1 Å². The topological polar surface area (TPSA) is 111 Å². The smallest absolute Gasteiger partial charge is 0.337 e. The van der Waals surface area contributed by atoms with Crippen LogP contribution in [0.15, 0.2) is 71.3 Å². The van der Waals surface area contributed by atoms with Gasteiger partial charge in [-0.3, -0.25) is 19.9 Å². The van der Waals surface area contributed by atoms with E-state index in [0.717, 1.165) is 17.7 Å². The highest BCUT2D eigenvalue weighted by Gasteiger charge is 2.39. The summed E-state index contributed by atoms with van der Waals surface area (Å²) in [5.41, 5.74) is 3.64. The number of esters is 1. The molecule has 2 aromatic rings. The third-order valence-electron chi connectivity index (χ3n) is 5.53. The molecule has 8 heteroatoms. The number of allylic oxidation sites excluding steroid dienone is 3. The van der Waals surface area contributed by atoms with Gasteiger partial charge in [-0.2, -0.15) is 0 Å². The second kappa shape index (κ2) is 8.51. The van der Waals surface area contributed by atoms with Crippen LogP contribution in [-0.2, 0) is 20.9 Å². The average molecular weight is 419 g/mol. The standard InChI is InChI=1S/C23H21N3O5/c1-14-20(23(28)31-13-15-4-3-11-24-12-15)21(16-7-9-17(10-8-16)26(29)30)22-18(25-14)5-2-6-19(22)27/h3-4,7-12,21,25H,2,5-6,13H2,1H3. The highest BCUT2D eigenvalue weighted by molar-refractivity contribution is 6.03. The molecule has 4 rings (SSSR count). The monoisotopic (exact) mass is 419 g/mol. The van der Waals surface area contributed by atoms with Gasteiger partial charge in [0.15, 0.2) is 5.78 Å². The molecule has 0 bridgehead atoms. The maximum atomic E-state index is 13.1. The predicted molar refractivity (Wildman–Crippen MR) is 112 cm³/mol. The van der Waals surface area contributed by atoms with Gasteiger partial charge < -0.3 is 10.1 Å². The normalized spacial score (nSPS) is 18.4. The number of hydrogen-bond acceptors (Lipinski definition) is 7. The van der Waals surface area contributed by atoms with E-state index >= 15 is 0 Å². The van der Waals surface area contributed by atoms with Gasteiger partial charge in [0.25, 0.3) is 5.69 Å². The van der Waals surface area contributed by atoms with Crippen LogP contribution in [0.1, 0.15) is 43.2 Å². The number of aromatic nitrogens is 1. The van der Waals surface area contributed by atoms with Crippen LogP contribution in [0.25, 0.3) is 0 Å². The van der Waals surface area contributed by atoms with Crippen LogP contribution in [0.5, 0.6) is 0 Å². The quantitative estimate of drug-likeness (QED) is 0.447. The predicted octanol–water partition coefficient (Wildman–Crippen LogP) is 3.70. The average Bonchev–Trinajstić information content (AvgIpc) is 2.77. The summed E-state index contributed by atoms with van der Waals surface area (Å²) in [4.78, 5) is 40.6. The number of ether oxygens (including phenoxy) is 1. The lowest BCUT2D eigenvalue weighted by Crippen LogP contribution is -2.34. The van der Waals surface area contributed by atoms with E-state index in [1.165, 1.54) is 12.1 Å². The van der Waals surface area contributed by atoms with Crippen molar-refractivity contribution in [3.8, 4) is 0 Å². The molecule has 1 aliphatic heterocycles. The minimum atomic E-state index is -0.633. The Hall–Kier alpha value is -3.81. The van der Waals surface area contributed by atoms with Crippen molar-refractivity contribution in [2.45, 2.75) is 38.7 Å². The van der Waals surface area contributed by atoms with Crippen LogP contribution >= 0.6 is 0 Å². The van der Waals surface area contributed by atoms with Gasteiger partial charge in [0.1, 0.15) is 6.61 Å². The molecule has 0 saturated heterocycles. The van der Waals surface area contributed by atoms with Crippen LogP contribution in [0, 0.1) is 10.1 Å². The number of nitrogens with zero attached hydrogens (tertiary/aromatic N) is 2. The molecular weight excluding hydrogens is 398 g/mol. The van der Waals surface area contributed by atoms with Crippen molar-refractivity contribution in [3.63, 3.8) is 0 Å². The van der Waals surface area contributed by atoms with Crippen LogP contribution in [0.4, 0.5) is 5.69 Å². The van der Waals surface area contributed by atoms with E-state index in [2.05, 4.69) is 10.3 Å². The lowest BCUT2D eigenvalue weighted by molar-refractivity contribution is -0.384. The maximum absolute atomic E-state index is 13.1. The number of ketones is 1. The number of Topliss-reactive ketones (excluding diaryl/α,β-unsaturated/α-hetero) is 1. The molecule has 1 aromatic heterocycles. The summed E-state index contributed by atoms with van der Waals surface area (Å²) in [5, 5.41) is 14.3. The molecule has 1 atom stereocenters. The zero-order valence-electron chi connectivity index (χ0n) is 17.0. The molecule has 1 unspecified atom stereocenters. The lowest BCUT2D eigenvalue weighted by atomic mass is 9.75. The summed E-state index contributed by atoms with van der Waals surface area (Å²) >= 11 is 0. The number of nitro groups is 1. The third kappa shape index (κ3) is 4.09. The molecule has 31 heavy (non-hydrogen) atoms. The van der Waals surface area contributed by atoms with E-state index in [1.54, 1.807) is 43.6 Å². The SMILES string of the molecule is CC1=C(C(=O)OCc2cccnc2)C(c2ccc([N+](=O)[O-])cc2)C2=C(CCCC2=O)N1. The van der Waals surface area contributed by atoms with Crippen molar-refractivity contribution < 1.29 is 19.2 Å². The number of carbonyl (C=O) groups is 2. The number of nitro benzene ring substituents is 1. The molecule has 0 saturated carbocycles. The zero-order chi connectivity index (χ0) is 22.0. The van der Waals surface area contributed by atoms with E-state index in [0.29, 0.717) is 35.2 Å². The first-order chi connectivity index (χ1) is 15.0. The minimum Gasteiger partial charge on any atom is -0.457 e. The van der Waals surface area contributed by atoms with Crippen molar-refractivity contribution in [3.05, 3.63) is 92.6 Å². The molecule has 0 fully saturated rings. The summed E-state index contributed by atoms with van der Waals surface area (Å²) in [6.45, 7) is 1.83. The van der Waals surface area contributed by atoms with Crippen LogP contribution in [0.3, 0.4) is 0 Å². The van der Waals surface area contributed by atoms with Crippen LogP contribution < -0.4 is 5.32 Å². The Labute approximate surface area is 178 Å². The number of nitrogens with one attached hydrogen (secondary N) is 1. The molecule has 0 amide bonds. The highest BCUT2D eigenvalue weighted by Crippen LogP contribution is 2.42. The first kappa shape index (κ1) is 20.5. The molecule has 8 nitrogen and oxygen atoms in total. The molecule has 158 valence electrons. The number of pyridine rings is 1. The van der Waals surface area contributed by atoms with E-state index < -0.39 is 16.8 Å². The molecule has 1 N–H and O–H groups in total. The Morgan fingerprint density at radius 2 is 2.03 bits per heavy atom. The van der Waals surface area contributed by atoms with Crippen molar-refractivity contribution in [2.75, 3.05) is 0 Å². The van der Waals surface area contributed by atoms with E-state index in [9.17, 15) is 19.7 Å². The second-order valence-corrected chi connectivity index (χ2v) is 7.55. The first-order valence-electron chi connectivity index (χ1n) is 10.00. The van der Waals surface area contributed by atoms with Gasteiger partial charge in [0.2, 0.25) is 0 Å². The van der Waals surface area contributed by atoms with Gasteiger partial charge in [0, 0.05) is 59.4 Å². The summed E-state index contributed by atoms with van der Waals surface area (Å²) < 4.78 is 5.55. The summed E-state index contributed by atoms with van der Waals surface area (Å²) in [6.07, 6.45) is 5.11. The summed E-state index contributed by atoms with van der Waals surface area (Å²) in [5.74, 6) is -1.20. The highest BCUT2D eigenvalue weighted by atomic mass is 16.6. The molecule has 2 heterocycles. The van der Waals surface area contributed by atoms with Gasteiger partial charge in [-0.15, -0.1) is 0 Å². The van der Waals surface area contributed by atoms with Crippen molar-refractivity contribution in [2.24, 2.45) is 0 Å². The van der Waals surface area contributed by atoms with E-state index in [1.807, 2.05) is 0 Å². The van der Waals surface area contributed by atoms with Gasteiger partial charge in [0.05, 0.1) is 10.5 Å². The van der Waals surface area contributed by atoms with Crippen molar-refractivity contribution >= 4 is 17.4 Å². The number of hydrogen-bond donors (Lipinski definition) is 1. The fourth-order valence-corrected chi connectivity index (χ4v) is 4.09. The lowest BCUT2D eigenvalue weighted by Gasteiger charge is -2.34. The van der Waals surface area contributed by atoms with Crippen molar-refractivity contribution in [1.29, 1.82) is 0 Å². The largest absolute Gasteiger partial charge is 0.457 e. The van der Waals surface area contributed by atoms with Gasteiger partial charge in [-0.05, 0) is 31.4 Å². The number of dihydropyridines is 1. The van der Waals surface area contributed by atoms with Gasteiger partial charge in [-0.25, -0.2) is 4.79 Å². The Bertz CT molecular complexity index is 1100. The van der Waals surface area contributed by atoms with Gasteiger partial charge >= 0.3 is 5.97 Å². The van der Waals surface area contributed by atoms with Gasteiger partial charge in [-0.1, -0.05) is 18.2 Å². The Balaban J connectivity index is 1.71. The van der Waals surface area contributed by atoms with Crippen LogP contribution in [0.2, 0.25) is 0 Å². The molecule has 0 radical (unpaired) electrons. The fourth-order valence-electron chi connectivity index (χ4n) is 4.09. The minimum absolute atomic E-state index is 0.0258. The molecule has 1 aromatic carbocycles. The third-order valence-corrected chi connectivity index (χ3v) is 5.53. The van der Waals surface area contributed by atoms with E-state index in [4.69, 9.17) is 4.74 Å². The summed E-state index contributed by atoms with van der Waals surface area (Å²) in [7, 11) is 0. The first-order valence-corrected chi connectivity index (χ1v) is 10.00. The Kier molecular flexibility index (Phi) is 5.62. The fraction of sp³-hybridized carbons (Fsp3) is 0.261. The number of non-ortho nitro benzene ring substituents is 1.